The van der Waals surface area contributed by atoms with Gasteiger partial charge in [0.1, 0.15) is 11.2 Å². The molecule has 2 aromatic heterocycles. The first-order valence-electron chi connectivity index (χ1n) is 19.8. The molecule has 0 radical (unpaired) electrons. The lowest BCUT2D eigenvalue weighted by atomic mass is 9.67. The summed E-state index contributed by atoms with van der Waals surface area (Å²) in [5, 5.41) is 4.69. The fourth-order valence-corrected chi connectivity index (χ4v) is 10.9. The molecule has 0 aliphatic heterocycles. The first-order chi connectivity index (χ1) is 28.8. The lowest BCUT2D eigenvalue weighted by molar-refractivity contribution is 0.669. The molecule has 1 aliphatic carbocycles. The zero-order valence-electron chi connectivity index (χ0n) is 31.5. The van der Waals surface area contributed by atoms with Gasteiger partial charge in [-0.25, -0.2) is 0 Å². The molecule has 2 nitrogen and oxygen atoms in total. The van der Waals surface area contributed by atoms with Crippen LogP contribution in [0.1, 0.15) is 22.3 Å². The van der Waals surface area contributed by atoms with E-state index < -0.39 is 5.41 Å². The Morgan fingerprint density at radius 1 is 0.397 bits per heavy atom. The predicted molar refractivity (Wildman–Crippen MR) is 244 cm³/mol. The Bertz CT molecular complexity index is 3310. The minimum atomic E-state index is -0.532. The van der Waals surface area contributed by atoms with Crippen molar-refractivity contribution in [3.8, 4) is 22.3 Å². The molecular formula is C55H35NOS. The standard InChI is InChI=1S/C55H35NOS/c1-3-16-36(17-4-1)37-32-33-49-44(34-37)53-47(27-14-29-50(53)57-49)56(48-28-15-31-52-54(48)43-24-9-12-30-51(43)58-52)40-21-13-20-39(35-40)55(38-18-5-2-6-19-38)45-25-10-7-22-41(45)42-23-8-11-26-46(42)55/h1-35H. The maximum Gasteiger partial charge on any atom is 0.137 e. The summed E-state index contributed by atoms with van der Waals surface area (Å²) in [6.07, 6.45) is 0. The molecule has 272 valence electrons. The van der Waals surface area contributed by atoms with E-state index in [9.17, 15) is 0 Å². The Labute approximate surface area is 340 Å². The van der Waals surface area contributed by atoms with Crippen LogP contribution in [0.4, 0.5) is 17.1 Å². The molecule has 11 aromatic rings. The zero-order valence-corrected chi connectivity index (χ0v) is 32.3. The van der Waals surface area contributed by atoms with E-state index in [2.05, 4.69) is 217 Å². The SMILES string of the molecule is c1ccc(-c2ccc3oc4cccc(N(c5cccc(C6(c7ccccc7)c7ccccc7-c7ccccc76)c5)c5cccc6sc7ccccc7c56)c4c3c2)cc1. The molecule has 3 heteroatoms. The third-order valence-electron chi connectivity index (χ3n) is 12.1. The molecule has 0 spiro atoms. The van der Waals surface area contributed by atoms with Crippen LogP contribution in [-0.4, -0.2) is 0 Å². The van der Waals surface area contributed by atoms with Crippen molar-refractivity contribution >= 4 is 70.5 Å². The molecule has 58 heavy (non-hydrogen) atoms. The number of furan rings is 1. The molecule has 2 heterocycles. The lowest BCUT2D eigenvalue weighted by Crippen LogP contribution is -2.28. The Balaban J connectivity index is 1.18. The van der Waals surface area contributed by atoms with E-state index in [1.807, 2.05) is 11.3 Å². The van der Waals surface area contributed by atoms with E-state index in [-0.39, 0.29) is 0 Å². The molecule has 0 fully saturated rings. The highest BCUT2D eigenvalue weighted by Crippen LogP contribution is 2.57. The summed E-state index contributed by atoms with van der Waals surface area (Å²) < 4.78 is 9.22. The number of hydrogen-bond acceptors (Lipinski definition) is 3. The normalized spacial score (nSPS) is 13.0. The molecule has 9 aromatic carbocycles. The number of benzene rings is 9. The van der Waals surface area contributed by atoms with Crippen molar-refractivity contribution in [3.05, 3.63) is 235 Å². The van der Waals surface area contributed by atoms with Gasteiger partial charge >= 0.3 is 0 Å². The molecule has 0 saturated carbocycles. The van der Waals surface area contributed by atoms with E-state index in [1.54, 1.807) is 0 Å². The number of thiophene rings is 1. The first-order valence-corrected chi connectivity index (χ1v) is 20.7. The van der Waals surface area contributed by atoms with Crippen LogP contribution >= 0.6 is 11.3 Å². The first kappa shape index (κ1) is 33.0. The lowest BCUT2D eigenvalue weighted by Gasteiger charge is -2.35. The van der Waals surface area contributed by atoms with E-state index in [0.29, 0.717) is 0 Å². The van der Waals surface area contributed by atoms with Crippen molar-refractivity contribution in [1.82, 2.24) is 0 Å². The molecule has 0 N–H and O–H groups in total. The van der Waals surface area contributed by atoms with Crippen molar-refractivity contribution in [3.63, 3.8) is 0 Å². The van der Waals surface area contributed by atoms with E-state index >= 15 is 0 Å². The maximum atomic E-state index is 6.68. The van der Waals surface area contributed by atoms with Crippen LogP contribution in [0.5, 0.6) is 0 Å². The summed E-state index contributed by atoms with van der Waals surface area (Å²) in [6.45, 7) is 0. The van der Waals surface area contributed by atoms with Gasteiger partial charge < -0.3 is 9.32 Å². The molecule has 0 atom stereocenters. The molecule has 1 aliphatic rings. The fourth-order valence-electron chi connectivity index (χ4n) is 9.74. The Morgan fingerprint density at radius 3 is 1.81 bits per heavy atom. The largest absolute Gasteiger partial charge is 0.456 e. The van der Waals surface area contributed by atoms with Crippen LogP contribution in [0.25, 0.3) is 64.4 Å². The average molecular weight is 758 g/mol. The zero-order chi connectivity index (χ0) is 38.2. The number of anilines is 3. The van der Waals surface area contributed by atoms with Crippen molar-refractivity contribution in [2.24, 2.45) is 0 Å². The molecular weight excluding hydrogens is 723 g/mol. The summed E-state index contributed by atoms with van der Waals surface area (Å²) >= 11 is 1.85. The highest BCUT2D eigenvalue weighted by atomic mass is 32.1. The summed E-state index contributed by atoms with van der Waals surface area (Å²) in [7, 11) is 0. The van der Waals surface area contributed by atoms with Crippen LogP contribution < -0.4 is 4.90 Å². The quantitative estimate of drug-likeness (QED) is 0.168. The summed E-state index contributed by atoms with van der Waals surface area (Å²) in [6, 6.07) is 77.5. The van der Waals surface area contributed by atoms with Crippen LogP contribution in [-0.2, 0) is 5.41 Å². The van der Waals surface area contributed by atoms with Gasteiger partial charge in [0.05, 0.1) is 22.2 Å². The summed E-state index contributed by atoms with van der Waals surface area (Å²) in [5.41, 5.74) is 14.5. The van der Waals surface area contributed by atoms with Gasteiger partial charge in [-0.3, -0.25) is 0 Å². The fraction of sp³-hybridized carbons (Fsp3) is 0.0182. The second-order valence-corrected chi connectivity index (χ2v) is 16.3. The monoisotopic (exact) mass is 757 g/mol. The molecule has 0 amide bonds. The highest BCUT2D eigenvalue weighted by Gasteiger charge is 2.46. The molecule has 0 bridgehead atoms. The van der Waals surface area contributed by atoms with Gasteiger partial charge in [0, 0.05) is 31.2 Å². The van der Waals surface area contributed by atoms with Crippen LogP contribution in [0.15, 0.2) is 217 Å². The van der Waals surface area contributed by atoms with Crippen LogP contribution in [0.2, 0.25) is 0 Å². The Kier molecular flexibility index (Phi) is 7.35. The topological polar surface area (TPSA) is 16.4 Å². The van der Waals surface area contributed by atoms with Gasteiger partial charge in [0.15, 0.2) is 0 Å². The number of fused-ring (bicyclic) bond motifs is 9. The van der Waals surface area contributed by atoms with E-state index in [0.717, 1.165) is 44.6 Å². The van der Waals surface area contributed by atoms with Gasteiger partial charge in [-0.2, -0.15) is 0 Å². The van der Waals surface area contributed by atoms with Gasteiger partial charge in [0.2, 0.25) is 0 Å². The van der Waals surface area contributed by atoms with Crippen molar-refractivity contribution in [2.45, 2.75) is 5.41 Å². The van der Waals surface area contributed by atoms with E-state index in [4.69, 9.17) is 4.42 Å². The number of rotatable bonds is 6. The smallest absolute Gasteiger partial charge is 0.137 e. The number of nitrogens with zero attached hydrogens (tertiary/aromatic N) is 1. The van der Waals surface area contributed by atoms with Gasteiger partial charge in [-0.05, 0) is 99.1 Å². The highest BCUT2D eigenvalue weighted by molar-refractivity contribution is 7.26. The van der Waals surface area contributed by atoms with Crippen molar-refractivity contribution < 1.29 is 4.42 Å². The third-order valence-corrected chi connectivity index (χ3v) is 13.3. The molecule has 0 saturated heterocycles. The van der Waals surface area contributed by atoms with Gasteiger partial charge in [0.25, 0.3) is 0 Å². The Morgan fingerprint density at radius 2 is 1.02 bits per heavy atom. The summed E-state index contributed by atoms with van der Waals surface area (Å²) in [5.74, 6) is 0. The second-order valence-electron chi connectivity index (χ2n) is 15.2. The molecule has 0 unspecified atom stereocenters. The summed E-state index contributed by atoms with van der Waals surface area (Å²) in [4.78, 5) is 2.49. The van der Waals surface area contributed by atoms with Crippen molar-refractivity contribution in [2.75, 3.05) is 4.90 Å². The minimum absolute atomic E-state index is 0.532. The van der Waals surface area contributed by atoms with Gasteiger partial charge in [-0.1, -0.05) is 158 Å². The average Bonchev–Trinajstić information content (AvgIpc) is 3.96. The Hall–Kier alpha value is -7.20. The second kappa shape index (κ2) is 12.9. The molecule has 12 rings (SSSR count). The predicted octanol–water partition coefficient (Wildman–Crippen LogP) is 15.5. The van der Waals surface area contributed by atoms with Gasteiger partial charge in [-0.15, -0.1) is 11.3 Å². The van der Waals surface area contributed by atoms with E-state index in [1.165, 1.54) is 59.1 Å². The van der Waals surface area contributed by atoms with Crippen LogP contribution in [0, 0.1) is 0 Å². The third kappa shape index (κ3) is 4.78. The van der Waals surface area contributed by atoms with Crippen molar-refractivity contribution in [1.29, 1.82) is 0 Å². The maximum absolute atomic E-state index is 6.68. The minimum Gasteiger partial charge on any atom is -0.456 e. The number of hydrogen-bond donors (Lipinski definition) is 0. The van der Waals surface area contributed by atoms with Crippen LogP contribution in [0.3, 0.4) is 0 Å².